The van der Waals surface area contributed by atoms with Crippen LogP contribution in [0.5, 0.6) is 0 Å². The Kier molecular flexibility index (Phi) is 6.28. The van der Waals surface area contributed by atoms with Crippen LogP contribution in [0.25, 0.3) is 0 Å². The summed E-state index contributed by atoms with van der Waals surface area (Å²) in [5.74, 6) is 1.50. The number of aromatic nitrogens is 2. The zero-order valence-corrected chi connectivity index (χ0v) is 15.2. The number of benzene rings is 1. The predicted octanol–water partition coefficient (Wildman–Crippen LogP) is 3.52. The largest absolute Gasteiger partial charge is 0.468 e. The molecule has 132 valence electrons. The SMILES string of the molecule is COC(=O)CSc1cncc(N2CCCC(c3ccccc3)CC2)n1. The Morgan fingerprint density at radius 2 is 2.08 bits per heavy atom. The van der Waals surface area contributed by atoms with E-state index in [1.807, 2.05) is 6.20 Å². The summed E-state index contributed by atoms with van der Waals surface area (Å²) in [5.41, 5.74) is 1.43. The number of anilines is 1. The predicted molar refractivity (Wildman–Crippen MR) is 100 cm³/mol. The molecule has 1 aliphatic heterocycles. The van der Waals surface area contributed by atoms with Gasteiger partial charge < -0.3 is 9.64 Å². The maximum Gasteiger partial charge on any atom is 0.316 e. The number of thioether (sulfide) groups is 1. The topological polar surface area (TPSA) is 55.3 Å². The van der Waals surface area contributed by atoms with Crippen molar-refractivity contribution in [1.82, 2.24) is 9.97 Å². The molecule has 0 saturated carbocycles. The van der Waals surface area contributed by atoms with Crippen molar-refractivity contribution < 1.29 is 9.53 Å². The lowest BCUT2D eigenvalue weighted by Crippen LogP contribution is -2.25. The Labute approximate surface area is 152 Å². The van der Waals surface area contributed by atoms with Crippen molar-refractivity contribution in [3.05, 3.63) is 48.3 Å². The first-order valence-corrected chi connectivity index (χ1v) is 9.56. The number of carbonyl (C=O) groups excluding carboxylic acids is 1. The first kappa shape index (κ1) is 17.7. The summed E-state index contributed by atoms with van der Waals surface area (Å²) in [7, 11) is 1.39. The molecule has 0 amide bonds. The van der Waals surface area contributed by atoms with Crippen LogP contribution in [-0.2, 0) is 9.53 Å². The summed E-state index contributed by atoms with van der Waals surface area (Å²) in [5, 5.41) is 0.756. The Morgan fingerprint density at radius 1 is 1.24 bits per heavy atom. The van der Waals surface area contributed by atoms with Crippen LogP contribution in [0.2, 0.25) is 0 Å². The van der Waals surface area contributed by atoms with Gasteiger partial charge in [0.25, 0.3) is 0 Å². The molecular formula is C19H23N3O2S. The van der Waals surface area contributed by atoms with E-state index < -0.39 is 0 Å². The smallest absolute Gasteiger partial charge is 0.316 e. The number of methoxy groups -OCH3 is 1. The van der Waals surface area contributed by atoms with Crippen LogP contribution in [0.4, 0.5) is 5.82 Å². The number of hydrogen-bond acceptors (Lipinski definition) is 6. The molecule has 1 saturated heterocycles. The highest BCUT2D eigenvalue weighted by molar-refractivity contribution is 7.99. The fourth-order valence-corrected chi connectivity index (χ4v) is 3.81. The lowest BCUT2D eigenvalue weighted by Gasteiger charge is -2.21. The summed E-state index contributed by atoms with van der Waals surface area (Å²) in [6.07, 6.45) is 6.96. The summed E-state index contributed by atoms with van der Waals surface area (Å²) in [4.78, 5) is 22.5. The molecule has 2 heterocycles. The van der Waals surface area contributed by atoms with Crippen LogP contribution in [0.3, 0.4) is 0 Å². The van der Waals surface area contributed by atoms with Gasteiger partial charge in [-0.2, -0.15) is 0 Å². The summed E-state index contributed by atoms with van der Waals surface area (Å²) in [6.45, 7) is 1.96. The molecule has 1 fully saturated rings. The zero-order valence-electron chi connectivity index (χ0n) is 14.4. The normalized spacial score (nSPS) is 17.8. The average Bonchev–Trinajstić information content (AvgIpc) is 2.93. The van der Waals surface area contributed by atoms with Gasteiger partial charge in [0.05, 0.1) is 25.3 Å². The second-order valence-electron chi connectivity index (χ2n) is 6.11. The van der Waals surface area contributed by atoms with E-state index in [1.54, 1.807) is 6.20 Å². The van der Waals surface area contributed by atoms with Crippen LogP contribution in [0, 0.1) is 0 Å². The minimum atomic E-state index is -0.252. The Balaban J connectivity index is 1.63. The van der Waals surface area contributed by atoms with Crippen molar-refractivity contribution >= 4 is 23.5 Å². The third-order valence-corrected chi connectivity index (χ3v) is 5.36. The first-order valence-electron chi connectivity index (χ1n) is 8.58. The number of nitrogens with zero attached hydrogens (tertiary/aromatic N) is 3. The van der Waals surface area contributed by atoms with E-state index >= 15 is 0 Å². The van der Waals surface area contributed by atoms with Crippen molar-refractivity contribution in [3.63, 3.8) is 0 Å². The van der Waals surface area contributed by atoms with Gasteiger partial charge in [-0.05, 0) is 30.7 Å². The maximum absolute atomic E-state index is 11.3. The molecule has 6 heteroatoms. The zero-order chi connectivity index (χ0) is 17.5. The van der Waals surface area contributed by atoms with Crippen molar-refractivity contribution in [2.45, 2.75) is 30.2 Å². The van der Waals surface area contributed by atoms with Crippen molar-refractivity contribution in [2.75, 3.05) is 30.9 Å². The van der Waals surface area contributed by atoms with E-state index in [0.29, 0.717) is 5.92 Å². The molecule has 1 aliphatic rings. The van der Waals surface area contributed by atoms with Gasteiger partial charge >= 0.3 is 5.97 Å². The summed E-state index contributed by atoms with van der Waals surface area (Å²) in [6, 6.07) is 10.8. The minimum Gasteiger partial charge on any atom is -0.468 e. The standard InChI is InChI=1S/C19H23N3O2S/c1-24-19(23)14-25-18-13-20-12-17(21-18)22-10-5-8-16(9-11-22)15-6-3-2-4-7-15/h2-4,6-7,12-13,16H,5,8-11,14H2,1H3. The Hall–Kier alpha value is -2.08. The minimum absolute atomic E-state index is 0.252. The van der Waals surface area contributed by atoms with Crippen molar-refractivity contribution in [3.8, 4) is 0 Å². The lowest BCUT2D eigenvalue weighted by atomic mass is 9.92. The molecule has 0 radical (unpaired) electrons. The highest BCUT2D eigenvalue weighted by atomic mass is 32.2. The van der Waals surface area contributed by atoms with Gasteiger partial charge in [0.2, 0.25) is 0 Å². The van der Waals surface area contributed by atoms with Crippen LogP contribution in [0.15, 0.2) is 47.8 Å². The number of ether oxygens (including phenoxy) is 1. The van der Waals surface area contributed by atoms with Crippen molar-refractivity contribution in [2.24, 2.45) is 0 Å². The molecular weight excluding hydrogens is 334 g/mol. The van der Waals surface area contributed by atoms with Gasteiger partial charge in [-0.3, -0.25) is 9.78 Å². The van der Waals surface area contributed by atoms with Gasteiger partial charge in [0.1, 0.15) is 10.8 Å². The molecule has 1 aromatic heterocycles. The third-order valence-electron chi connectivity index (χ3n) is 4.49. The number of rotatable bonds is 5. The van der Waals surface area contributed by atoms with E-state index in [9.17, 15) is 4.79 Å². The molecule has 1 aromatic carbocycles. The van der Waals surface area contributed by atoms with Crippen LogP contribution in [-0.4, -0.2) is 41.9 Å². The molecule has 0 N–H and O–H groups in total. The van der Waals surface area contributed by atoms with E-state index in [2.05, 4.69) is 49.9 Å². The van der Waals surface area contributed by atoms with E-state index in [1.165, 1.54) is 30.9 Å². The highest BCUT2D eigenvalue weighted by Gasteiger charge is 2.19. The van der Waals surface area contributed by atoms with E-state index in [0.717, 1.165) is 36.8 Å². The summed E-state index contributed by atoms with van der Waals surface area (Å²) >= 11 is 1.36. The molecule has 1 unspecified atom stereocenters. The third kappa shape index (κ3) is 4.95. The van der Waals surface area contributed by atoms with E-state index in [4.69, 9.17) is 0 Å². The fourth-order valence-electron chi connectivity index (χ4n) is 3.14. The molecule has 25 heavy (non-hydrogen) atoms. The van der Waals surface area contributed by atoms with Crippen molar-refractivity contribution in [1.29, 1.82) is 0 Å². The average molecular weight is 357 g/mol. The van der Waals surface area contributed by atoms with Gasteiger partial charge in [-0.25, -0.2) is 4.98 Å². The van der Waals surface area contributed by atoms with Crippen LogP contribution in [0.1, 0.15) is 30.7 Å². The second kappa shape index (κ2) is 8.85. The quantitative estimate of drug-likeness (QED) is 0.603. The first-order chi connectivity index (χ1) is 12.3. The van der Waals surface area contributed by atoms with E-state index in [-0.39, 0.29) is 11.7 Å². The maximum atomic E-state index is 11.3. The lowest BCUT2D eigenvalue weighted by molar-refractivity contribution is -0.137. The highest BCUT2D eigenvalue weighted by Crippen LogP contribution is 2.29. The molecule has 1 atom stereocenters. The molecule has 3 rings (SSSR count). The number of hydrogen-bond donors (Lipinski definition) is 0. The van der Waals surface area contributed by atoms with Gasteiger partial charge in [0.15, 0.2) is 0 Å². The van der Waals surface area contributed by atoms with Gasteiger partial charge in [-0.1, -0.05) is 42.1 Å². The van der Waals surface area contributed by atoms with Gasteiger partial charge in [-0.15, -0.1) is 0 Å². The molecule has 5 nitrogen and oxygen atoms in total. The second-order valence-corrected chi connectivity index (χ2v) is 7.10. The Morgan fingerprint density at radius 3 is 2.88 bits per heavy atom. The number of carbonyl (C=O) groups is 1. The fraction of sp³-hybridized carbons (Fsp3) is 0.421. The molecule has 0 bridgehead atoms. The molecule has 0 aliphatic carbocycles. The van der Waals surface area contributed by atoms with Gasteiger partial charge in [0, 0.05) is 13.1 Å². The Bertz CT molecular complexity index is 696. The van der Waals surface area contributed by atoms with Crippen LogP contribution >= 0.6 is 11.8 Å². The molecule has 2 aromatic rings. The number of esters is 1. The summed E-state index contributed by atoms with van der Waals surface area (Å²) < 4.78 is 4.67. The monoisotopic (exact) mass is 357 g/mol. The van der Waals surface area contributed by atoms with Crippen LogP contribution < -0.4 is 4.90 Å². The molecule has 0 spiro atoms.